The molecule has 1 rings (SSSR count). The standard InChI is InChI=1S/C20H30N4O6S/c1-11(21)17(26)22-12(2)18(27)23-15(8-9-31-3)19(28)24-16(20(29)30)10-13-4-6-14(25)7-5-13/h4-7,11-12,15-16,25H,8-10,21H2,1-3H3,(H,22,26)(H,23,27)(H,24,28)(H,29,30). The number of carbonyl (C=O) groups is 4. The highest BCUT2D eigenvalue weighted by Crippen LogP contribution is 2.12. The van der Waals surface area contributed by atoms with Crippen LogP contribution in [0.25, 0.3) is 0 Å². The molecule has 1 aromatic rings. The second-order valence-corrected chi connectivity index (χ2v) is 8.12. The summed E-state index contributed by atoms with van der Waals surface area (Å²) in [5.41, 5.74) is 6.09. The average Bonchev–Trinajstić information content (AvgIpc) is 2.71. The van der Waals surface area contributed by atoms with Gasteiger partial charge in [-0.1, -0.05) is 12.1 Å². The third kappa shape index (κ3) is 9.26. The maximum absolute atomic E-state index is 12.8. The predicted octanol–water partition coefficient (Wildman–Crippen LogP) is -0.406. The van der Waals surface area contributed by atoms with Crippen LogP contribution in [-0.2, 0) is 25.6 Å². The molecule has 7 N–H and O–H groups in total. The number of amides is 3. The Balaban J connectivity index is 2.84. The quantitative estimate of drug-likeness (QED) is 0.247. The van der Waals surface area contributed by atoms with Gasteiger partial charge in [0.05, 0.1) is 6.04 Å². The number of aromatic hydroxyl groups is 1. The Bertz CT molecular complexity index is 771. The molecule has 0 radical (unpaired) electrons. The van der Waals surface area contributed by atoms with Crippen LogP contribution in [0.2, 0.25) is 0 Å². The van der Waals surface area contributed by atoms with Crippen LogP contribution >= 0.6 is 11.8 Å². The van der Waals surface area contributed by atoms with E-state index < -0.39 is 47.9 Å². The number of rotatable bonds is 12. The van der Waals surface area contributed by atoms with Gasteiger partial charge in [0.25, 0.3) is 0 Å². The average molecular weight is 455 g/mol. The van der Waals surface area contributed by atoms with Crippen molar-refractivity contribution in [3.63, 3.8) is 0 Å². The van der Waals surface area contributed by atoms with Gasteiger partial charge in [0, 0.05) is 6.42 Å². The van der Waals surface area contributed by atoms with Crippen molar-refractivity contribution >= 4 is 35.5 Å². The van der Waals surface area contributed by atoms with E-state index in [1.807, 2.05) is 6.26 Å². The first kappa shape index (κ1) is 26.2. The first-order chi connectivity index (χ1) is 14.5. The van der Waals surface area contributed by atoms with E-state index in [1.54, 1.807) is 12.1 Å². The van der Waals surface area contributed by atoms with Gasteiger partial charge in [0.15, 0.2) is 0 Å². The molecular formula is C20H30N4O6S. The molecule has 0 aliphatic carbocycles. The molecule has 0 heterocycles. The Labute approximate surface area is 185 Å². The third-order valence-corrected chi connectivity index (χ3v) is 5.04. The topological polar surface area (TPSA) is 171 Å². The van der Waals surface area contributed by atoms with Crippen LogP contribution < -0.4 is 21.7 Å². The van der Waals surface area contributed by atoms with Crippen LogP contribution in [0.5, 0.6) is 5.75 Å². The van der Waals surface area contributed by atoms with Crippen molar-refractivity contribution in [1.82, 2.24) is 16.0 Å². The summed E-state index contributed by atoms with van der Waals surface area (Å²) >= 11 is 1.47. The zero-order valence-electron chi connectivity index (χ0n) is 17.8. The Morgan fingerprint density at radius 2 is 1.55 bits per heavy atom. The van der Waals surface area contributed by atoms with Crippen molar-refractivity contribution < 1.29 is 29.4 Å². The monoisotopic (exact) mass is 454 g/mol. The number of carboxylic acid groups (broad SMARTS) is 1. The molecule has 0 spiro atoms. The molecule has 0 aliphatic heterocycles. The summed E-state index contributed by atoms with van der Waals surface area (Å²) in [4.78, 5) is 48.5. The fraction of sp³-hybridized carbons (Fsp3) is 0.500. The molecule has 0 bridgehead atoms. The Morgan fingerprint density at radius 3 is 2.06 bits per heavy atom. The molecule has 172 valence electrons. The SMILES string of the molecule is CSCCC(NC(=O)C(C)NC(=O)C(C)N)C(=O)NC(Cc1ccc(O)cc1)C(=O)O. The number of hydrogen-bond acceptors (Lipinski definition) is 7. The number of aliphatic carboxylic acids is 1. The summed E-state index contributed by atoms with van der Waals surface area (Å²) in [7, 11) is 0. The molecule has 31 heavy (non-hydrogen) atoms. The maximum Gasteiger partial charge on any atom is 0.326 e. The van der Waals surface area contributed by atoms with Gasteiger partial charge in [-0.05, 0) is 50.0 Å². The van der Waals surface area contributed by atoms with E-state index in [9.17, 15) is 29.4 Å². The molecule has 3 amide bonds. The highest BCUT2D eigenvalue weighted by atomic mass is 32.2. The summed E-state index contributed by atoms with van der Waals surface area (Å²) in [5, 5.41) is 26.3. The van der Waals surface area contributed by atoms with Crippen LogP contribution in [0.15, 0.2) is 24.3 Å². The van der Waals surface area contributed by atoms with E-state index in [0.717, 1.165) is 0 Å². The van der Waals surface area contributed by atoms with Crippen LogP contribution in [0.3, 0.4) is 0 Å². The van der Waals surface area contributed by atoms with Gasteiger partial charge in [0.2, 0.25) is 17.7 Å². The highest BCUT2D eigenvalue weighted by molar-refractivity contribution is 7.98. The lowest BCUT2D eigenvalue weighted by Gasteiger charge is -2.23. The minimum Gasteiger partial charge on any atom is -0.508 e. The lowest BCUT2D eigenvalue weighted by atomic mass is 10.0. The van der Waals surface area contributed by atoms with Gasteiger partial charge in [-0.2, -0.15) is 11.8 Å². The molecule has 0 saturated heterocycles. The third-order valence-electron chi connectivity index (χ3n) is 4.40. The van der Waals surface area contributed by atoms with Gasteiger partial charge in [-0.3, -0.25) is 14.4 Å². The number of nitrogens with two attached hydrogens (primary N) is 1. The number of hydrogen-bond donors (Lipinski definition) is 6. The summed E-state index contributed by atoms with van der Waals surface area (Å²) in [5.74, 6) is -2.36. The molecule has 4 atom stereocenters. The smallest absolute Gasteiger partial charge is 0.326 e. The zero-order valence-corrected chi connectivity index (χ0v) is 18.6. The largest absolute Gasteiger partial charge is 0.508 e. The highest BCUT2D eigenvalue weighted by Gasteiger charge is 2.28. The minimum atomic E-state index is -1.23. The van der Waals surface area contributed by atoms with Crippen LogP contribution in [0.1, 0.15) is 25.8 Å². The molecule has 4 unspecified atom stereocenters. The van der Waals surface area contributed by atoms with Crippen LogP contribution in [0.4, 0.5) is 0 Å². The van der Waals surface area contributed by atoms with Crippen LogP contribution in [-0.4, -0.2) is 70.1 Å². The number of carbonyl (C=O) groups excluding carboxylic acids is 3. The molecule has 0 aliphatic rings. The lowest BCUT2D eigenvalue weighted by molar-refractivity contribution is -0.142. The fourth-order valence-corrected chi connectivity index (χ4v) is 3.02. The van der Waals surface area contributed by atoms with Crippen molar-refractivity contribution in [1.29, 1.82) is 0 Å². The summed E-state index contributed by atoms with van der Waals surface area (Å²) in [6, 6.07) is 2.07. The summed E-state index contributed by atoms with van der Waals surface area (Å²) in [6.45, 7) is 2.94. The van der Waals surface area contributed by atoms with Gasteiger partial charge < -0.3 is 31.9 Å². The summed E-state index contributed by atoms with van der Waals surface area (Å²) in [6.07, 6.45) is 2.12. The second-order valence-electron chi connectivity index (χ2n) is 7.13. The van der Waals surface area contributed by atoms with E-state index in [2.05, 4.69) is 16.0 Å². The first-order valence-corrected chi connectivity index (χ1v) is 11.1. The van der Waals surface area contributed by atoms with Crippen LogP contribution in [0, 0.1) is 0 Å². The lowest BCUT2D eigenvalue weighted by Crippen LogP contribution is -2.56. The Morgan fingerprint density at radius 1 is 0.968 bits per heavy atom. The van der Waals surface area contributed by atoms with E-state index in [0.29, 0.717) is 11.3 Å². The molecule has 1 aromatic carbocycles. The minimum absolute atomic E-state index is 0.00535. The van der Waals surface area contributed by atoms with Crippen molar-refractivity contribution in [3.05, 3.63) is 29.8 Å². The number of phenolic OH excluding ortho intramolecular Hbond substituents is 1. The number of carboxylic acids is 1. The van der Waals surface area contributed by atoms with Crippen molar-refractivity contribution in [2.75, 3.05) is 12.0 Å². The second kappa shape index (κ2) is 12.8. The van der Waals surface area contributed by atoms with Gasteiger partial charge in [0.1, 0.15) is 23.9 Å². The maximum atomic E-state index is 12.8. The fourth-order valence-electron chi connectivity index (χ4n) is 2.55. The molecule has 0 fully saturated rings. The number of thioether (sulfide) groups is 1. The Hall–Kier alpha value is -2.79. The van der Waals surface area contributed by atoms with Crippen molar-refractivity contribution in [2.45, 2.75) is 50.9 Å². The summed E-state index contributed by atoms with van der Waals surface area (Å²) < 4.78 is 0. The molecule has 0 aromatic heterocycles. The van der Waals surface area contributed by atoms with E-state index in [1.165, 1.54) is 37.7 Å². The van der Waals surface area contributed by atoms with E-state index in [-0.39, 0.29) is 18.6 Å². The van der Waals surface area contributed by atoms with Crippen molar-refractivity contribution in [3.8, 4) is 5.75 Å². The van der Waals surface area contributed by atoms with E-state index >= 15 is 0 Å². The number of phenols is 1. The molecular weight excluding hydrogens is 424 g/mol. The number of nitrogens with one attached hydrogen (secondary N) is 3. The predicted molar refractivity (Wildman–Crippen MR) is 118 cm³/mol. The Kier molecular flexibility index (Phi) is 10.8. The molecule has 0 saturated carbocycles. The zero-order chi connectivity index (χ0) is 23.6. The number of benzene rings is 1. The molecule has 11 heteroatoms. The van der Waals surface area contributed by atoms with Gasteiger partial charge >= 0.3 is 5.97 Å². The first-order valence-electron chi connectivity index (χ1n) is 9.71. The van der Waals surface area contributed by atoms with Gasteiger partial charge in [-0.25, -0.2) is 4.79 Å². The molecule has 10 nitrogen and oxygen atoms in total. The van der Waals surface area contributed by atoms with Crippen molar-refractivity contribution in [2.24, 2.45) is 5.73 Å². The van der Waals surface area contributed by atoms with E-state index in [4.69, 9.17) is 5.73 Å². The van der Waals surface area contributed by atoms with Gasteiger partial charge in [-0.15, -0.1) is 0 Å². The normalized spacial score (nSPS) is 14.6.